The number of fused-ring (bicyclic) bond motifs is 1. The molecule has 0 radical (unpaired) electrons. The Morgan fingerprint density at radius 2 is 2.15 bits per heavy atom. The zero-order chi connectivity index (χ0) is 13.8. The second kappa shape index (κ2) is 6.27. The SMILES string of the molecule is CCCNC(C1=CCCCC1)c1coc2ccccc12. The summed E-state index contributed by atoms with van der Waals surface area (Å²) in [5.74, 6) is 0. The number of para-hydroxylation sites is 1. The zero-order valence-corrected chi connectivity index (χ0v) is 12.2. The van der Waals surface area contributed by atoms with Gasteiger partial charge in [-0.15, -0.1) is 0 Å². The van der Waals surface area contributed by atoms with E-state index in [1.165, 1.54) is 42.2 Å². The Hall–Kier alpha value is -1.54. The summed E-state index contributed by atoms with van der Waals surface area (Å²) < 4.78 is 5.73. The molecule has 106 valence electrons. The molecular weight excluding hydrogens is 246 g/mol. The molecule has 0 aliphatic heterocycles. The van der Waals surface area contributed by atoms with E-state index in [1.807, 2.05) is 18.4 Å². The zero-order valence-electron chi connectivity index (χ0n) is 12.2. The normalized spacial score (nSPS) is 17.1. The molecule has 1 heterocycles. The van der Waals surface area contributed by atoms with E-state index in [-0.39, 0.29) is 0 Å². The van der Waals surface area contributed by atoms with Crippen molar-refractivity contribution in [3.05, 3.63) is 47.7 Å². The highest BCUT2D eigenvalue weighted by Crippen LogP contribution is 2.34. The van der Waals surface area contributed by atoms with Crippen LogP contribution in [0.15, 0.2) is 46.6 Å². The Morgan fingerprint density at radius 3 is 2.95 bits per heavy atom. The number of nitrogens with one attached hydrogen (secondary N) is 1. The first-order valence-electron chi connectivity index (χ1n) is 7.78. The fourth-order valence-corrected chi connectivity index (χ4v) is 3.08. The van der Waals surface area contributed by atoms with E-state index in [0.29, 0.717) is 6.04 Å². The molecule has 0 bridgehead atoms. The lowest BCUT2D eigenvalue weighted by Gasteiger charge is -2.24. The Bertz CT molecular complexity index is 596. The molecule has 1 unspecified atom stereocenters. The van der Waals surface area contributed by atoms with Gasteiger partial charge in [-0.3, -0.25) is 0 Å². The van der Waals surface area contributed by atoms with Crippen LogP contribution in [-0.2, 0) is 0 Å². The van der Waals surface area contributed by atoms with Crippen LogP contribution in [0, 0.1) is 0 Å². The highest BCUT2D eigenvalue weighted by Gasteiger charge is 2.21. The fourth-order valence-electron chi connectivity index (χ4n) is 3.08. The molecule has 1 aromatic carbocycles. The van der Waals surface area contributed by atoms with Crippen molar-refractivity contribution >= 4 is 11.0 Å². The largest absolute Gasteiger partial charge is 0.464 e. The van der Waals surface area contributed by atoms with Gasteiger partial charge in [0, 0.05) is 10.9 Å². The van der Waals surface area contributed by atoms with Gasteiger partial charge in [0.2, 0.25) is 0 Å². The van der Waals surface area contributed by atoms with Crippen molar-refractivity contribution in [1.82, 2.24) is 5.32 Å². The van der Waals surface area contributed by atoms with Gasteiger partial charge in [0.15, 0.2) is 0 Å². The predicted molar refractivity (Wildman–Crippen MR) is 83.8 cm³/mol. The third-order valence-corrected chi connectivity index (χ3v) is 4.12. The van der Waals surface area contributed by atoms with Gasteiger partial charge < -0.3 is 9.73 Å². The summed E-state index contributed by atoms with van der Waals surface area (Å²) in [6, 6.07) is 8.65. The van der Waals surface area contributed by atoms with Crippen molar-refractivity contribution in [1.29, 1.82) is 0 Å². The average Bonchev–Trinajstić information content (AvgIpc) is 2.93. The monoisotopic (exact) mass is 269 g/mol. The van der Waals surface area contributed by atoms with Gasteiger partial charge in [-0.05, 0) is 44.7 Å². The van der Waals surface area contributed by atoms with Gasteiger partial charge in [-0.1, -0.05) is 36.8 Å². The minimum Gasteiger partial charge on any atom is -0.464 e. The third-order valence-electron chi connectivity index (χ3n) is 4.12. The molecule has 1 aromatic heterocycles. The molecule has 1 atom stereocenters. The van der Waals surface area contributed by atoms with Gasteiger partial charge in [-0.25, -0.2) is 0 Å². The maximum atomic E-state index is 5.73. The molecule has 0 saturated heterocycles. The van der Waals surface area contributed by atoms with Crippen LogP contribution in [-0.4, -0.2) is 6.54 Å². The van der Waals surface area contributed by atoms with Crippen LogP contribution in [0.4, 0.5) is 0 Å². The summed E-state index contributed by atoms with van der Waals surface area (Å²) in [6.07, 6.45) is 10.6. The molecule has 3 rings (SSSR count). The molecule has 2 heteroatoms. The summed E-state index contributed by atoms with van der Waals surface area (Å²) in [5, 5.41) is 4.95. The Morgan fingerprint density at radius 1 is 1.25 bits per heavy atom. The van der Waals surface area contributed by atoms with Crippen LogP contribution in [0.2, 0.25) is 0 Å². The molecule has 0 amide bonds. The van der Waals surface area contributed by atoms with E-state index in [1.54, 1.807) is 0 Å². The van der Waals surface area contributed by atoms with Crippen molar-refractivity contribution in [2.24, 2.45) is 0 Å². The lowest BCUT2D eigenvalue weighted by atomic mass is 9.89. The van der Waals surface area contributed by atoms with Crippen molar-refractivity contribution < 1.29 is 4.42 Å². The van der Waals surface area contributed by atoms with Crippen LogP contribution in [0.1, 0.15) is 50.6 Å². The lowest BCUT2D eigenvalue weighted by Crippen LogP contribution is -2.24. The van der Waals surface area contributed by atoms with Crippen molar-refractivity contribution in [3.63, 3.8) is 0 Å². The van der Waals surface area contributed by atoms with E-state index in [4.69, 9.17) is 4.42 Å². The Labute approximate surface area is 120 Å². The van der Waals surface area contributed by atoms with Gasteiger partial charge in [0.25, 0.3) is 0 Å². The first-order chi connectivity index (χ1) is 9.90. The summed E-state index contributed by atoms with van der Waals surface area (Å²) in [5.41, 5.74) is 3.82. The minimum atomic E-state index is 0.318. The molecule has 20 heavy (non-hydrogen) atoms. The first kappa shape index (κ1) is 13.4. The van der Waals surface area contributed by atoms with Crippen LogP contribution in [0.5, 0.6) is 0 Å². The lowest BCUT2D eigenvalue weighted by molar-refractivity contribution is 0.536. The molecule has 1 aliphatic rings. The molecule has 0 saturated carbocycles. The maximum Gasteiger partial charge on any atom is 0.134 e. The third kappa shape index (κ3) is 2.66. The molecule has 0 spiro atoms. The van der Waals surface area contributed by atoms with Crippen LogP contribution in [0.25, 0.3) is 11.0 Å². The molecule has 1 aliphatic carbocycles. The average molecular weight is 269 g/mol. The highest BCUT2D eigenvalue weighted by molar-refractivity contribution is 5.81. The second-order valence-electron chi connectivity index (χ2n) is 5.60. The van der Waals surface area contributed by atoms with Crippen LogP contribution in [0.3, 0.4) is 0 Å². The summed E-state index contributed by atoms with van der Waals surface area (Å²) in [4.78, 5) is 0. The molecular formula is C18H23NO. The van der Waals surface area contributed by atoms with E-state index >= 15 is 0 Å². The van der Waals surface area contributed by atoms with Crippen molar-refractivity contribution in [2.75, 3.05) is 6.54 Å². The number of rotatable bonds is 5. The summed E-state index contributed by atoms with van der Waals surface area (Å²) in [7, 11) is 0. The fraction of sp³-hybridized carbons (Fsp3) is 0.444. The van der Waals surface area contributed by atoms with Crippen LogP contribution >= 0.6 is 0 Å². The van der Waals surface area contributed by atoms with E-state index in [0.717, 1.165) is 18.5 Å². The predicted octanol–water partition coefficient (Wildman–Crippen LogP) is 4.97. The molecule has 2 aromatic rings. The van der Waals surface area contributed by atoms with E-state index in [9.17, 15) is 0 Å². The summed E-state index contributed by atoms with van der Waals surface area (Å²) >= 11 is 0. The van der Waals surface area contributed by atoms with E-state index in [2.05, 4.69) is 30.4 Å². The number of hydrogen-bond donors (Lipinski definition) is 1. The van der Waals surface area contributed by atoms with Gasteiger partial charge >= 0.3 is 0 Å². The molecule has 2 nitrogen and oxygen atoms in total. The first-order valence-corrected chi connectivity index (χ1v) is 7.78. The topological polar surface area (TPSA) is 25.2 Å². The van der Waals surface area contributed by atoms with Gasteiger partial charge in [0.1, 0.15) is 5.58 Å². The number of allylic oxidation sites excluding steroid dienone is 1. The Balaban J connectivity index is 1.97. The van der Waals surface area contributed by atoms with Crippen molar-refractivity contribution in [2.45, 2.75) is 45.1 Å². The molecule has 0 fully saturated rings. The number of benzene rings is 1. The summed E-state index contributed by atoms with van der Waals surface area (Å²) in [6.45, 7) is 3.26. The molecule has 1 N–H and O–H groups in total. The van der Waals surface area contributed by atoms with Gasteiger partial charge in [0.05, 0.1) is 12.3 Å². The standard InChI is InChI=1S/C18H23NO/c1-2-12-19-18(14-8-4-3-5-9-14)16-13-20-17-11-7-6-10-15(16)17/h6-8,10-11,13,18-19H,2-5,9,12H2,1H3. The Kier molecular flexibility index (Phi) is 4.22. The maximum absolute atomic E-state index is 5.73. The highest BCUT2D eigenvalue weighted by atomic mass is 16.3. The second-order valence-corrected chi connectivity index (χ2v) is 5.60. The number of furan rings is 1. The quantitative estimate of drug-likeness (QED) is 0.775. The van der Waals surface area contributed by atoms with E-state index < -0.39 is 0 Å². The van der Waals surface area contributed by atoms with Gasteiger partial charge in [-0.2, -0.15) is 0 Å². The van der Waals surface area contributed by atoms with Crippen molar-refractivity contribution in [3.8, 4) is 0 Å². The minimum absolute atomic E-state index is 0.318. The smallest absolute Gasteiger partial charge is 0.134 e. The van der Waals surface area contributed by atoms with Crippen LogP contribution < -0.4 is 5.32 Å². The number of hydrogen-bond acceptors (Lipinski definition) is 2.